The van der Waals surface area contributed by atoms with E-state index in [4.69, 9.17) is 4.98 Å². The minimum absolute atomic E-state index is 0.824. The molecule has 1 aliphatic heterocycles. The molecule has 0 saturated carbocycles. The Bertz CT molecular complexity index is 1030. The number of aryl methyl sites for hydroxylation is 2. The average Bonchev–Trinajstić information content (AvgIpc) is 3.33. The van der Waals surface area contributed by atoms with Crippen LogP contribution in [0, 0.1) is 0 Å². The maximum atomic E-state index is 4.69. The molecule has 0 amide bonds. The number of rotatable bonds is 4. The number of hydrogen-bond donors (Lipinski definition) is 0. The van der Waals surface area contributed by atoms with Gasteiger partial charge in [0.1, 0.15) is 12.1 Å². The zero-order valence-corrected chi connectivity index (χ0v) is 14.5. The number of aromatic nitrogens is 5. The third kappa shape index (κ3) is 2.63. The van der Waals surface area contributed by atoms with Crippen molar-refractivity contribution >= 4 is 11.5 Å². The maximum Gasteiger partial charge on any atom is 0.162 e. The molecule has 0 spiro atoms. The Morgan fingerprint density at radius 2 is 1.88 bits per heavy atom. The van der Waals surface area contributed by atoms with Gasteiger partial charge in [-0.05, 0) is 24.1 Å². The predicted molar refractivity (Wildman–Crippen MR) is 100 cm³/mol. The monoisotopic (exact) mass is 344 g/mol. The molecule has 0 aliphatic carbocycles. The van der Waals surface area contributed by atoms with Gasteiger partial charge in [0.2, 0.25) is 0 Å². The van der Waals surface area contributed by atoms with Crippen LogP contribution in [0.2, 0.25) is 0 Å². The first-order valence-electron chi connectivity index (χ1n) is 8.99. The number of imidazole rings is 1. The molecule has 0 unspecified atom stereocenters. The normalized spacial score (nSPS) is 13.9. The minimum Gasteiger partial charge on any atom is -0.351 e. The number of fused-ring (bicyclic) bond motifs is 2. The van der Waals surface area contributed by atoms with Gasteiger partial charge in [-0.25, -0.2) is 4.98 Å². The fourth-order valence-electron chi connectivity index (χ4n) is 3.74. The van der Waals surface area contributed by atoms with Crippen LogP contribution < -0.4 is 4.90 Å². The summed E-state index contributed by atoms with van der Waals surface area (Å²) in [7, 11) is 0. The zero-order chi connectivity index (χ0) is 17.3. The second-order valence-corrected chi connectivity index (χ2v) is 6.68. The van der Waals surface area contributed by atoms with Crippen LogP contribution in [-0.4, -0.2) is 30.7 Å². The highest BCUT2D eigenvalue weighted by molar-refractivity contribution is 5.51. The summed E-state index contributed by atoms with van der Waals surface area (Å²) in [6, 6.07) is 16.8. The Balaban J connectivity index is 1.36. The summed E-state index contributed by atoms with van der Waals surface area (Å²) in [6.07, 6.45) is 5.81. The summed E-state index contributed by atoms with van der Waals surface area (Å²) < 4.78 is 4.36. The summed E-state index contributed by atoms with van der Waals surface area (Å²) in [5.41, 5.74) is 4.79. The van der Waals surface area contributed by atoms with Crippen LogP contribution in [-0.2, 0) is 25.9 Å². The van der Waals surface area contributed by atoms with Gasteiger partial charge in [-0.3, -0.25) is 4.40 Å². The second-order valence-electron chi connectivity index (χ2n) is 6.68. The number of benzene rings is 1. The number of pyridine rings is 1. The fraction of sp³-hybridized carbons (Fsp3) is 0.250. The van der Waals surface area contributed by atoms with E-state index in [9.17, 15) is 0 Å². The summed E-state index contributed by atoms with van der Waals surface area (Å²) >= 11 is 0. The van der Waals surface area contributed by atoms with Crippen molar-refractivity contribution in [2.45, 2.75) is 25.9 Å². The standard InChI is InChI=1S/C20H20N6/c1-2-5-16(6-3-1)9-11-25-14-21-17-13-24(12-10-18(17)25)20-8-4-7-19-23-22-15-26(19)20/h1-8,14-15H,9-13H2. The highest BCUT2D eigenvalue weighted by Gasteiger charge is 2.22. The third-order valence-corrected chi connectivity index (χ3v) is 5.11. The second kappa shape index (κ2) is 6.29. The summed E-state index contributed by atoms with van der Waals surface area (Å²) in [5.74, 6) is 1.12. The van der Waals surface area contributed by atoms with Crippen molar-refractivity contribution in [1.82, 2.24) is 24.1 Å². The van der Waals surface area contributed by atoms with Gasteiger partial charge in [-0.1, -0.05) is 36.4 Å². The Kier molecular flexibility index (Phi) is 3.66. The first-order chi connectivity index (χ1) is 12.9. The Hall–Kier alpha value is -3.15. The minimum atomic E-state index is 0.824. The molecule has 6 nitrogen and oxygen atoms in total. The van der Waals surface area contributed by atoms with E-state index in [0.29, 0.717) is 0 Å². The Morgan fingerprint density at radius 3 is 2.81 bits per heavy atom. The summed E-state index contributed by atoms with van der Waals surface area (Å²) in [5, 5.41) is 8.17. The molecule has 5 rings (SSSR count). The van der Waals surface area contributed by atoms with Crippen molar-refractivity contribution in [3.8, 4) is 0 Å². The van der Waals surface area contributed by atoms with Crippen LogP contribution in [0.4, 0.5) is 5.82 Å². The van der Waals surface area contributed by atoms with E-state index in [-0.39, 0.29) is 0 Å². The molecule has 0 bridgehead atoms. The first kappa shape index (κ1) is 15.1. The molecule has 3 aromatic heterocycles. The van der Waals surface area contributed by atoms with Crippen molar-refractivity contribution < 1.29 is 0 Å². The third-order valence-electron chi connectivity index (χ3n) is 5.11. The predicted octanol–water partition coefficient (Wildman–Crippen LogP) is 2.73. The average molecular weight is 344 g/mol. The Labute approximate surface area is 151 Å². The largest absolute Gasteiger partial charge is 0.351 e. The topological polar surface area (TPSA) is 51.2 Å². The quantitative estimate of drug-likeness (QED) is 0.571. The van der Waals surface area contributed by atoms with Gasteiger partial charge in [0.25, 0.3) is 0 Å². The molecule has 0 saturated heterocycles. The van der Waals surface area contributed by atoms with Gasteiger partial charge in [0.15, 0.2) is 5.65 Å². The van der Waals surface area contributed by atoms with Gasteiger partial charge in [0, 0.05) is 25.2 Å². The molecule has 1 aromatic carbocycles. The lowest BCUT2D eigenvalue weighted by molar-refractivity contribution is 0.621. The van der Waals surface area contributed by atoms with E-state index in [1.54, 1.807) is 6.33 Å². The molecular weight excluding hydrogens is 324 g/mol. The van der Waals surface area contributed by atoms with Gasteiger partial charge in [-0.2, -0.15) is 0 Å². The molecule has 26 heavy (non-hydrogen) atoms. The highest BCUT2D eigenvalue weighted by atomic mass is 15.3. The highest BCUT2D eigenvalue weighted by Crippen LogP contribution is 2.24. The van der Waals surface area contributed by atoms with Crippen LogP contribution >= 0.6 is 0 Å². The molecule has 0 N–H and O–H groups in total. The molecule has 0 fully saturated rings. The van der Waals surface area contributed by atoms with Crippen LogP contribution in [0.25, 0.3) is 5.65 Å². The van der Waals surface area contributed by atoms with E-state index in [0.717, 1.165) is 43.9 Å². The number of nitrogens with zero attached hydrogens (tertiary/aromatic N) is 6. The van der Waals surface area contributed by atoms with E-state index in [2.05, 4.69) is 56.1 Å². The van der Waals surface area contributed by atoms with E-state index in [1.807, 2.05) is 22.9 Å². The van der Waals surface area contributed by atoms with Crippen molar-refractivity contribution in [2.75, 3.05) is 11.4 Å². The van der Waals surface area contributed by atoms with Crippen molar-refractivity contribution in [3.05, 3.63) is 78.1 Å². The lowest BCUT2D eigenvalue weighted by Gasteiger charge is -2.29. The van der Waals surface area contributed by atoms with Crippen LogP contribution in [0.1, 0.15) is 17.0 Å². The number of hydrogen-bond acceptors (Lipinski definition) is 4. The summed E-state index contributed by atoms with van der Waals surface area (Å²) in [4.78, 5) is 7.05. The first-order valence-corrected chi connectivity index (χ1v) is 8.99. The number of anilines is 1. The van der Waals surface area contributed by atoms with Crippen molar-refractivity contribution in [1.29, 1.82) is 0 Å². The summed E-state index contributed by atoms with van der Waals surface area (Å²) in [6.45, 7) is 2.78. The molecular formula is C20H20N6. The lowest BCUT2D eigenvalue weighted by Crippen LogP contribution is -2.32. The molecule has 4 aromatic rings. The maximum absolute atomic E-state index is 4.69. The SMILES string of the molecule is c1ccc(CCn2cnc3c2CCN(c2cccc4nncn24)C3)cc1. The molecule has 0 atom stereocenters. The van der Waals surface area contributed by atoms with Gasteiger partial charge in [0.05, 0.1) is 18.6 Å². The van der Waals surface area contributed by atoms with Crippen molar-refractivity contribution in [2.24, 2.45) is 0 Å². The van der Waals surface area contributed by atoms with Gasteiger partial charge < -0.3 is 9.47 Å². The lowest BCUT2D eigenvalue weighted by atomic mass is 10.1. The Morgan fingerprint density at radius 1 is 0.962 bits per heavy atom. The van der Waals surface area contributed by atoms with Crippen LogP contribution in [0.15, 0.2) is 61.2 Å². The van der Waals surface area contributed by atoms with Crippen LogP contribution in [0.5, 0.6) is 0 Å². The molecule has 130 valence electrons. The van der Waals surface area contributed by atoms with E-state index < -0.39 is 0 Å². The fourth-order valence-corrected chi connectivity index (χ4v) is 3.74. The van der Waals surface area contributed by atoms with Crippen molar-refractivity contribution in [3.63, 3.8) is 0 Å². The van der Waals surface area contributed by atoms with Gasteiger partial charge >= 0.3 is 0 Å². The molecule has 1 aliphatic rings. The molecule has 0 radical (unpaired) electrons. The van der Waals surface area contributed by atoms with E-state index in [1.165, 1.54) is 17.0 Å². The van der Waals surface area contributed by atoms with E-state index >= 15 is 0 Å². The zero-order valence-electron chi connectivity index (χ0n) is 14.5. The van der Waals surface area contributed by atoms with Crippen LogP contribution in [0.3, 0.4) is 0 Å². The molecule has 4 heterocycles. The molecule has 6 heteroatoms. The smallest absolute Gasteiger partial charge is 0.162 e. The van der Waals surface area contributed by atoms with Gasteiger partial charge in [-0.15, -0.1) is 10.2 Å².